The van der Waals surface area contributed by atoms with Gasteiger partial charge in [-0.05, 0) is 4.93 Å². The molecule has 0 rings (SSSR count). The van der Waals surface area contributed by atoms with E-state index in [-0.39, 0.29) is 100 Å². The molecule has 0 spiro atoms. The third-order valence-corrected chi connectivity index (χ3v) is 0. The molecule has 0 fully saturated rings. The van der Waals surface area contributed by atoms with Crippen LogP contribution in [0.15, 0.2) is 0 Å². The predicted octanol–water partition coefficient (Wildman–Crippen LogP) is 0.907. The van der Waals surface area contributed by atoms with Gasteiger partial charge in [0.05, 0.1) is 0 Å². The van der Waals surface area contributed by atoms with Gasteiger partial charge in [0.25, 0.3) is 0 Å². The molecule has 0 aliphatic rings. The Labute approximate surface area is 125 Å². The molecule has 6 heavy (non-hydrogen) atoms. The van der Waals surface area contributed by atoms with E-state index in [1.54, 1.807) is 0 Å². The van der Waals surface area contributed by atoms with Gasteiger partial charge >= 0.3 is 63.9 Å². The summed E-state index contributed by atoms with van der Waals surface area (Å²) in [5.41, 5.74) is 0. The van der Waals surface area contributed by atoms with Gasteiger partial charge in [-0.2, -0.15) is 0 Å². The second-order valence-corrected chi connectivity index (χ2v) is 0. The fraction of sp³-hybridized carbons (Fsp3) is 1.00. The van der Waals surface area contributed by atoms with E-state index in [0.29, 0.717) is 0 Å². The summed E-state index contributed by atoms with van der Waals surface area (Å²) < 4.78 is 0. The third kappa shape index (κ3) is 24.9. The van der Waals surface area contributed by atoms with Crippen LogP contribution in [-0.4, -0.2) is 23.8 Å². The summed E-state index contributed by atoms with van der Waals surface area (Å²) in [6, 6.07) is 0. The Bertz CT molecular complexity index is 13.5. The van der Waals surface area contributed by atoms with E-state index in [9.17, 15) is 0 Å². The molecule has 0 saturated carbocycles. The number of rotatable bonds is 0. The summed E-state index contributed by atoms with van der Waals surface area (Å²) in [6.45, 7) is 0. The normalized spacial score (nSPS) is 1.00. The van der Waals surface area contributed by atoms with E-state index in [1.165, 1.54) is 0 Å². The zero-order valence-electron chi connectivity index (χ0n) is 2.19. The predicted molar refractivity (Wildman–Crippen MR) is 52.5 cm³/mol. The zero-order chi connectivity index (χ0) is 2.00. The number of halogens is 3. The molecule has 36 valence electrons. The molecule has 0 radical (unpaired) electrons. The summed E-state index contributed by atoms with van der Waals surface area (Å²) in [7, 11) is 0. The number of hydrogen-bond acceptors (Lipinski definition) is 0. The molecule has 0 unspecified atom stereocenters. The molecular formula is CH8ClI2LiRa. The van der Waals surface area contributed by atoms with Crippen LogP contribution < -0.4 is 0 Å². The molecule has 5 heteroatoms. The van der Waals surface area contributed by atoms with E-state index in [2.05, 4.69) is 22.6 Å². The zero-order valence-corrected chi connectivity index (χ0v) is 7.50. The molecule has 0 aromatic heterocycles. The van der Waals surface area contributed by atoms with Gasteiger partial charge in [-0.3, -0.25) is 0 Å². The molecule has 0 amide bonds. The second-order valence-electron chi connectivity index (χ2n) is 0. The molecule has 0 N–H and O–H groups in total. The Morgan fingerprint density at radius 3 is 1.17 bits per heavy atom. The van der Waals surface area contributed by atoms with Crippen molar-refractivity contribution in [1.29, 1.82) is 0 Å². The number of hydrogen-bond donors (Lipinski definition) is 0. The summed E-state index contributed by atoms with van der Waals surface area (Å²) in [5.74, 6) is 0. The van der Waals surface area contributed by atoms with Crippen molar-refractivity contribution in [3.63, 3.8) is 0 Å². The minimum absolute atomic E-state index is 0. The number of alkyl halides is 1. The van der Waals surface area contributed by atoms with E-state index >= 15 is 0 Å². The van der Waals surface area contributed by atoms with Gasteiger partial charge in [-0.1, -0.05) is 22.6 Å². The molecule has 0 bridgehead atoms. The Morgan fingerprint density at radius 2 is 1.17 bits per heavy atom. The van der Waals surface area contributed by atoms with Crippen molar-refractivity contribution in [2.45, 2.75) is 0 Å². The first-order valence-corrected chi connectivity index (χ1v) is 2.54. The standard InChI is InChI=1S/CH3I.ClH.HI.Li.Ra.3H/c1-2;;;;;;;/h1H3;2*1H;;;;;. The first-order chi connectivity index (χ1) is 1.00. The minimum atomic E-state index is 0. The molecule has 0 aromatic rings. The van der Waals surface area contributed by atoms with Gasteiger partial charge in [0.2, 0.25) is 0 Å². The first-order valence-electron chi connectivity index (χ1n) is 0.378. The molecule has 0 saturated heterocycles. The molecule has 0 atom stereocenters. The molecule has 0 aromatic carbocycles. The van der Waals surface area contributed by atoms with Crippen molar-refractivity contribution in [1.82, 2.24) is 0 Å². The quantitative estimate of drug-likeness (QED) is 0.243. The van der Waals surface area contributed by atoms with Crippen LogP contribution in [0.1, 0.15) is 0 Å². The fourth-order valence-electron chi connectivity index (χ4n) is 0. The van der Waals surface area contributed by atoms with Crippen LogP contribution in [0.4, 0.5) is 0 Å². The van der Waals surface area contributed by atoms with Gasteiger partial charge < -0.3 is 0 Å². The topological polar surface area (TPSA) is 0 Å². The van der Waals surface area contributed by atoms with Crippen molar-refractivity contribution in [2.24, 2.45) is 0 Å². The monoisotopic (exact) mass is 542 g/mol. The molecule has 0 heterocycles. The van der Waals surface area contributed by atoms with Crippen molar-refractivity contribution in [3.05, 3.63) is 0 Å². The van der Waals surface area contributed by atoms with Crippen molar-refractivity contribution >= 4 is 77.8 Å². The fourth-order valence-corrected chi connectivity index (χ4v) is 0. The van der Waals surface area contributed by atoms with E-state index < -0.39 is 0 Å². The van der Waals surface area contributed by atoms with E-state index in [0.717, 1.165) is 0 Å². The third-order valence-electron chi connectivity index (χ3n) is 0. The maximum atomic E-state index is 2.15. The Morgan fingerprint density at radius 1 is 1.17 bits per heavy atom. The van der Waals surface area contributed by atoms with Crippen LogP contribution in [0.25, 0.3) is 0 Å². The van der Waals surface area contributed by atoms with Gasteiger partial charge in [0.15, 0.2) is 0 Å². The second kappa shape index (κ2) is 37.0. The van der Waals surface area contributed by atoms with E-state index in [4.69, 9.17) is 0 Å². The van der Waals surface area contributed by atoms with Crippen LogP contribution >= 0.6 is 59.0 Å². The summed E-state index contributed by atoms with van der Waals surface area (Å²) in [5, 5.41) is 0. The molecular weight excluding hydrogens is 534 g/mol. The molecule has 0 aliphatic heterocycles. The van der Waals surface area contributed by atoms with Gasteiger partial charge in [0, 0.05) is 0 Å². The first kappa shape index (κ1) is 32.9. The van der Waals surface area contributed by atoms with Crippen molar-refractivity contribution in [3.8, 4) is 0 Å². The average molecular weight is 542 g/mol. The average Bonchev–Trinajstić information content (AvgIpc) is 1.00. The van der Waals surface area contributed by atoms with Crippen LogP contribution in [0, 0.1) is 45.0 Å². The van der Waals surface area contributed by atoms with Gasteiger partial charge in [0.1, 0.15) is 0 Å². The SMILES string of the molecule is CI.Cl.I.[LiH].[RaH2]. The van der Waals surface area contributed by atoms with E-state index in [1.807, 2.05) is 4.93 Å². The summed E-state index contributed by atoms with van der Waals surface area (Å²) in [6.07, 6.45) is 0. The molecule has 0 nitrogen and oxygen atoms in total. The maximum absolute atomic E-state index is 2.15. The summed E-state index contributed by atoms with van der Waals surface area (Å²) in [4.78, 5) is 1.97. The van der Waals surface area contributed by atoms with Crippen LogP contribution in [0.2, 0.25) is 0 Å². The summed E-state index contributed by atoms with van der Waals surface area (Å²) >= 11 is 2.15. The van der Waals surface area contributed by atoms with Gasteiger partial charge in [-0.15, -0.1) is 36.4 Å². The Balaban J connectivity index is -0.000000000833. The van der Waals surface area contributed by atoms with Crippen LogP contribution in [0.3, 0.4) is 0 Å². The Hall–Kier alpha value is 3.81. The Kier molecular flexibility index (Phi) is 203. The van der Waals surface area contributed by atoms with Gasteiger partial charge in [-0.25, -0.2) is 0 Å². The van der Waals surface area contributed by atoms with Crippen LogP contribution in [0.5, 0.6) is 0 Å². The van der Waals surface area contributed by atoms with Crippen molar-refractivity contribution < 1.29 is 45.0 Å². The molecule has 0 aliphatic carbocycles. The van der Waals surface area contributed by atoms with Crippen LogP contribution in [-0.2, 0) is 0 Å². The van der Waals surface area contributed by atoms with Crippen molar-refractivity contribution in [2.75, 3.05) is 4.93 Å².